The standard InChI is InChI=1S/C17H20FN3O2/c18-12-5-3-4-11(8-12)17-21-13(10-23-17)9-20-15-7-2-1-6-14(15)16(19)22/h3-5,8,10,14-15,20H,1-2,6-7,9H2,(H2,19,22)/t14-,15-/m0/s1. The summed E-state index contributed by atoms with van der Waals surface area (Å²) in [5.74, 6) is -0.315. The molecule has 1 fully saturated rings. The molecule has 6 heteroatoms. The molecule has 1 amide bonds. The molecule has 5 nitrogen and oxygen atoms in total. The van der Waals surface area contributed by atoms with Crippen LogP contribution in [0.15, 0.2) is 34.9 Å². The maximum Gasteiger partial charge on any atom is 0.226 e. The van der Waals surface area contributed by atoms with Gasteiger partial charge in [-0.25, -0.2) is 9.37 Å². The highest BCUT2D eigenvalue weighted by molar-refractivity contribution is 5.77. The molecule has 2 aromatic rings. The summed E-state index contributed by atoms with van der Waals surface area (Å²) in [4.78, 5) is 15.9. The molecule has 0 saturated heterocycles. The van der Waals surface area contributed by atoms with Crippen molar-refractivity contribution >= 4 is 5.91 Å². The Labute approximate surface area is 134 Å². The van der Waals surface area contributed by atoms with E-state index in [9.17, 15) is 9.18 Å². The van der Waals surface area contributed by atoms with Gasteiger partial charge in [0.15, 0.2) is 0 Å². The Hall–Kier alpha value is -2.21. The Balaban J connectivity index is 1.64. The quantitative estimate of drug-likeness (QED) is 0.888. The number of carbonyl (C=O) groups is 1. The van der Waals surface area contributed by atoms with E-state index < -0.39 is 0 Å². The third-order valence-corrected chi connectivity index (χ3v) is 4.30. The Morgan fingerprint density at radius 1 is 1.39 bits per heavy atom. The van der Waals surface area contributed by atoms with Crippen LogP contribution in [0.4, 0.5) is 4.39 Å². The van der Waals surface area contributed by atoms with Crippen LogP contribution in [0.2, 0.25) is 0 Å². The first-order valence-corrected chi connectivity index (χ1v) is 7.86. The number of halogens is 1. The molecule has 1 aliphatic carbocycles. The Morgan fingerprint density at radius 2 is 2.22 bits per heavy atom. The summed E-state index contributed by atoms with van der Waals surface area (Å²) >= 11 is 0. The maximum absolute atomic E-state index is 13.2. The third-order valence-electron chi connectivity index (χ3n) is 4.30. The predicted molar refractivity (Wildman–Crippen MR) is 83.7 cm³/mol. The highest BCUT2D eigenvalue weighted by Crippen LogP contribution is 2.25. The number of nitrogens with two attached hydrogens (primary N) is 1. The average Bonchev–Trinajstić information content (AvgIpc) is 3.02. The van der Waals surface area contributed by atoms with Gasteiger partial charge in [-0.3, -0.25) is 4.79 Å². The second-order valence-corrected chi connectivity index (χ2v) is 5.94. The number of oxazole rings is 1. The average molecular weight is 317 g/mol. The summed E-state index contributed by atoms with van der Waals surface area (Å²) in [6.07, 6.45) is 5.45. The minimum Gasteiger partial charge on any atom is -0.444 e. The summed E-state index contributed by atoms with van der Waals surface area (Å²) in [5, 5.41) is 3.35. The zero-order chi connectivity index (χ0) is 16.2. The molecule has 0 spiro atoms. The summed E-state index contributed by atoms with van der Waals surface area (Å²) in [6.45, 7) is 0.493. The SMILES string of the molecule is NC(=O)[C@H]1CCCC[C@@H]1NCc1coc(-c2cccc(F)c2)n1. The fourth-order valence-electron chi connectivity index (χ4n) is 3.09. The molecule has 3 N–H and O–H groups in total. The van der Waals surface area contributed by atoms with Crippen LogP contribution in [0.5, 0.6) is 0 Å². The lowest BCUT2D eigenvalue weighted by molar-refractivity contribution is -0.123. The number of amides is 1. The van der Waals surface area contributed by atoms with Crippen LogP contribution in [0.25, 0.3) is 11.5 Å². The first-order valence-electron chi connectivity index (χ1n) is 7.86. The number of primary amides is 1. The van der Waals surface area contributed by atoms with Gasteiger partial charge >= 0.3 is 0 Å². The van der Waals surface area contributed by atoms with E-state index in [1.54, 1.807) is 18.4 Å². The minimum atomic E-state index is -0.327. The maximum atomic E-state index is 13.2. The molecule has 2 atom stereocenters. The van der Waals surface area contributed by atoms with Crippen LogP contribution < -0.4 is 11.1 Å². The van der Waals surface area contributed by atoms with Crippen molar-refractivity contribution < 1.29 is 13.6 Å². The number of hydrogen-bond donors (Lipinski definition) is 2. The normalized spacial score (nSPS) is 21.3. The number of hydrogen-bond acceptors (Lipinski definition) is 4. The molecule has 1 aromatic heterocycles. The smallest absolute Gasteiger partial charge is 0.226 e. The van der Waals surface area contributed by atoms with Gasteiger partial charge in [-0.2, -0.15) is 0 Å². The van der Waals surface area contributed by atoms with Gasteiger partial charge in [0.05, 0.1) is 11.6 Å². The minimum absolute atomic E-state index is 0.0792. The van der Waals surface area contributed by atoms with E-state index in [1.165, 1.54) is 12.1 Å². The zero-order valence-corrected chi connectivity index (χ0v) is 12.8. The van der Waals surface area contributed by atoms with E-state index in [-0.39, 0.29) is 23.7 Å². The van der Waals surface area contributed by atoms with E-state index >= 15 is 0 Å². The summed E-state index contributed by atoms with van der Waals surface area (Å²) in [7, 11) is 0. The topological polar surface area (TPSA) is 81.2 Å². The molecular weight excluding hydrogens is 297 g/mol. The molecule has 0 unspecified atom stereocenters. The monoisotopic (exact) mass is 317 g/mol. The van der Waals surface area contributed by atoms with E-state index in [2.05, 4.69) is 10.3 Å². The lowest BCUT2D eigenvalue weighted by atomic mass is 9.84. The fraction of sp³-hybridized carbons (Fsp3) is 0.412. The highest BCUT2D eigenvalue weighted by Gasteiger charge is 2.29. The molecule has 122 valence electrons. The van der Waals surface area contributed by atoms with Crippen molar-refractivity contribution in [1.82, 2.24) is 10.3 Å². The van der Waals surface area contributed by atoms with Crippen LogP contribution in [-0.4, -0.2) is 16.9 Å². The molecular formula is C17H20FN3O2. The fourth-order valence-corrected chi connectivity index (χ4v) is 3.09. The molecule has 1 aliphatic rings. The second kappa shape index (κ2) is 6.91. The van der Waals surface area contributed by atoms with Crippen LogP contribution in [-0.2, 0) is 11.3 Å². The van der Waals surface area contributed by atoms with Gasteiger partial charge in [-0.1, -0.05) is 18.9 Å². The number of nitrogens with one attached hydrogen (secondary N) is 1. The lowest BCUT2D eigenvalue weighted by Gasteiger charge is -2.29. The molecule has 0 radical (unpaired) electrons. The van der Waals surface area contributed by atoms with Crippen LogP contribution in [0.1, 0.15) is 31.4 Å². The van der Waals surface area contributed by atoms with Gasteiger partial charge in [0.1, 0.15) is 12.1 Å². The molecule has 1 aromatic carbocycles. The van der Waals surface area contributed by atoms with E-state index in [0.717, 1.165) is 31.4 Å². The summed E-state index contributed by atoms with van der Waals surface area (Å²) < 4.78 is 18.7. The van der Waals surface area contributed by atoms with Crippen LogP contribution >= 0.6 is 0 Å². The van der Waals surface area contributed by atoms with Gasteiger partial charge in [0.25, 0.3) is 0 Å². The Kier molecular flexibility index (Phi) is 4.71. The molecule has 1 heterocycles. The Bertz CT molecular complexity index is 686. The van der Waals surface area contributed by atoms with Crippen molar-refractivity contribution in [2.24, 2.45) is 11.7 Å². The number of nitrogens with zero attached hydrogens (tertiary/aromatic N) is 1. The number of rotatable bonds is 5. The Morgan fingerprint density at radius 3 is 3.00 bits per heavy atom. The van der Waals surface area contributed by atoms with E-state index in [4.69, 9.17) is 10.2 Å². The molecule has 1 saturated carbocycles. The number of benzene rings is 1. The van der Waals surface area contributed by atoms with Crippen LogP contribution in [0.3, 0.4) is 0 Å². The number of aromatic nitrogens is 1. The van der Waals surface area contributed by atoms with E-state index in [0.29, 0.717) is 18.0 Å². The van der Waals surface area contributed by atoms with Crippen LogP contribution in [0, 0.1) is 11.7 Å². The lowest BCUT2D eigenvalue weighted by Crippen LogP contribution is -2.44. The van der Waals surface area contributed by atoms with Crippen molar-refractivity contribution in [3.8, 4) is 11.5 Å². The molecule has 3 rings (SSSR count). The zero-order valence-electron chi connectivity index (χ0n) is 12.8. The third kappa shape index (κ3) is 3.76. The summed E-state index contributed by atoms with van der Waals surface area (Å²) in [5.41, 5.74) is 6.79. The number of carbonyl (C=O) groups excluding carboxylic acids is 1. The van der Waals surface area contributed by atoms with Crippen molar-refractivity contribution in [2.75, 3.05) is 0 Å². The van der Waals surface area contributed by atoms with Crippen molar-refractivity contribution in [1.29, 1.82) is 0 Å². The first kappa shape index (κ1) is 15.7. The van der Waals surface area contributed by atoms with Crippen molar-refractivity contribution in [3.05, 3.63) is 42.0 Å². The largest absolute Gasteiger partial charge is 0.444 e. The van der Waals surface area contributed by atoms with E-state index in [1.807, 2.05) is 0 Å². The van der Waals surface area contributed by atoms with Gasteiger partial charge in [-0.05, 0) is 31.0 Å². The molecule has 0 aliphatic heterocycles. The molecule has 23 heavy (non-hydrogen) atoms. The van der Waals surface area contributed by atoms with Crippen molar-refractivity contribution in [3.63, 3.8) is 0 Å². The predicted octanol–water partition coefficient (Wildman–Crippen LogP) is 2.61. The highest BCUT2D eigenvalue weighted by atomic mass is 19.1. The van der Waals surface area contributed by atoms with Gasteiger partial charge < -0.3 is 15.5 Å². The van der Waals surface area contributed by atoms with Gasteiger partial charge in [-0.15, -0.1) is 0 Å². The first-order chi connectivity index (χ1) is 11.1. The van der Waals surface area contributed by atoms with Gasteiger partial charge in [0, 0.05) is 18.2 Å². The second-order valence-electron chi connectivity index (χ2n) is 5.94. The molecule has 0 bridgehead atoms. The van der Waals surface area contributed by atoms with Crippen molar-refractivity contribution in [2.45, 2.75) is 38.3 Å². The van der Waals surface area contributed by atoms with Gasteiger partial charge in [0.2, 0.25) is 11.8 Å². The summed E-state index contributed by atoms with van der Waals surface area (Å²) in [6, 6.07) is 6.20.